The lowest BCUT2D eigenvalue weighted by molar-refractivity contribution is 0.654. The molecule has 59 valence electrons. The smallest absolute Gasteiger partial charge is 0.0537 e. The van der Waals surface area contributed by atoms with E-state index in [0.717, 1.165) is 0 Å². The molecule has 0 nitrogen and oxygen atoms in total. The largest absolute Gasteiger partial charge is 0.0628 e. The molecule has 1 fully saturated rings. The van der Waals surface area contributed by atoms with Gasteiger partial charge in [0.25, 0.3) is 0 Å². The summed E-state index contributed by atoms with van der Waals surface area (Å²) in [6, 6.07) is 3.16. The molecule has 0 amide bonds. The van der Waals surface area contributed by atoms with Gasteiger partial charge < -0.3 is 0 Å². The lowest BCUT2D eigenvalue weighted by Crippen LogP contribution is -2.27. The Morgan fingerprint density at radius 3 is 1.70 bits per heavy atom. The lowest BCUT2D eigenvalue weighted by atomic mass is 10.2. The first-order chi connectivity index (χ1) is 4.61. The van der Waals surface area contributed by atoms with Crippen molar-refractivity contribution >= 4 is 8.80 Å². The summed E-state index contributed by atoms with van der Waals surface area (Å²) in [5.41, 5.74) is 0. The maximum Gasteiger partial charge on any atom is 0.0537 e. The average molecular weight is 155 g/mol. The van der Waals surface area contributed by atoms with E-state index in [1.165, 1.54) is 19.3 Å². The van der Waals surface area contributed by atoms with Crippen LogP contribution in [0.4, 0.5) is 0 Å². The van der Waals surface area contributed by atoms with Crippen molar-refractivity contribution in [3.05, 3.63) is 0 Å². The molecule has 1 aliphatic heterocycles. The zero-order valence-electron chi connectivity index (χ0n) is 7.54. The normalized spacial score (nSPS) is 23.1. The van der Waals surface area contributed by atoms with E-state index in [9.17, 15) is 0 Å². The summed E-state index contributed by atoms with van der Waals surface area (Å²) in [6.45, 7) is 7.27. The van der Waals surface area contributed by atoms with E-state index in [2.05, 4.69) is 20.8 Å². The second-order valence-corrected chi connectivity index (χ2v) is 8.12. The molecule has 0 aliphatic carbocycles. The summed E-state index contributed by atoms with van der Waals surface area (Å²) in [5, 5.41) is 0.672. The predicted molar refractivity (Wildman–Crippen MR) is 48.9 cm³/mol. The van der Waals surface area contributed by atoms with Crippen LogP contribution in [0.25, 0.3) is 0 Å². The molecule has 0 aromatic heterocycles. The van der Waals surface area contributed by atoms with Crippen LogP contribution in [0.1, 0.15) is 40.0 Å². The summed E-state index contributed by atoms with van der Waals surface area (Å²) in [6.07, 6.45) is 4.54. The molecule has 1 heteroatoms. The third-order valence-electron chi connectivity index (χ3n) is 2.52. The summed E-state index contributed by atoms with van der Waals surface area (Å²) in [5.74, 6) is 0. The fourth-order valence-corrected chi connectivity index (χ4v) is 4.83. The third kappa shape index (κ3) is 2.12. The van der Waals surface area contributed by atoms with E-state index < -0.39 is 0 Å². The zero-order chi connectivity index (χ0) is 7.61. The predicted octanol–water partition coefficient (Wildman–Crippen LogP) is 3.47. The van der Waals surface area contributed by atoms with Crippen LogP contribution >= 0.6 is 0 Å². The van der Waals surface area contributed by atoms with Crippen molar-refractivity contribution in [2.24, 2.45) is 0 Å². The Morgan fingerprint density at radius 2 is 1.40 bits per heavy atom. The molecule has 0 aromatic rings. The van der Waals surface area contributed by atoms with E-state index in [1.807, 2.05) is 0 Å². The first-order valence-electron chi connectivity index (χ1n) is 4.46. The van der Waals surface area contributed by atoms with E-state index in [0.29, 0.717) is 5.04 Å². The van der Waals surface area contributed by atoms with Crippen LogP contribution in [-0.2, 0) is 0 Å². The summed E-state index contributed by atoms with van der Waals surface area (Å²) in [7, 11) is 0.0364. The van der Waals surface area contributed by atoms with Crippen molar-refractivity contribution in [1.82, 2.24) is 0 Å². The Morgan fingerprint density at radius 1 is 0.900 bits per heavy atom. The summed E-state index contributed by atoms with van der Waals surface area (Å²) in [4.78, 5) is 0. The molecule has 0 bridgehead atoms. The topological polar surface area (TPSA) is 0 Å². The molecule has 0 unspecified atom stereocenters. The zero-order valence-corrected chi connectivity index (χ0v) is 8.54. The molecule has 0 N–H and O–H groups in total. The van der Waals surface area contributed by atoms with Gasteiger partial charge in [-0.25, -0.2) is 0 Å². The Balaban J connectivity index is 2.39. The molecule has 1 heterocycles. The second kappa shape index (κ2) is 3.08. The lowest BCUT2D eigenvalue weighted by Gasteiger charge is -2.31. The van der Waals surface area contributed by atoms with Gasteiger partial charge in [0.1, 0.15) is 0 Å². The molecular weight excluding hydrogens is 136 g/mol. The number of hydrogen-bond donors (Lipinski definition) is 0. The molecule has 0 saturated carbocycles. The van der Waals surface area contributed by atoms with Gasteiger partial charge in [-0.3, -0.25) is 0 Å². The van der Waals surface area contributed by atoms with Crippen molar-refractivity contribution in [1.29, 1.82) is 0 Å². The summed E-state index contributed by atoms with van der Waals surface area (Å²) < 4.78 is 0. The van der Waals surface area contributed by atoms with Gasteiger partial charge in [-0.05, 0) is 5.04 Å². The van der Waals surface area contributed by atoms with Gasteiger partial charge in [0, 0.05) is 0 Å². The monoisotopic (exact) mass is 155 g/mol. The molecule has 0 aromatic carbocycles. The summed E-state index contributed by atoms with van der Waals surface area (Å²) >= 11 is 0. The van der Waals surface area contributed by atoms with Gasteiger partial charge in [-0.1, -0.05) is 52.1 Å². The highest BCUT2D eigenvalue weighted by molar-refractivity contribution is 6.62. The first-order valence-corrected chi connectivity index (χ1v) is 6.37. The Labute approximate surface area is 66.6 Å². The van der Waals surface area contributed by atoms with Gasteiger partial charge in [-0.15, -0.1) is 0 Å². The van der Waals surface area contributed by atoms with Crippen molar-refractivity contribution in [2.45, 2.75) is 57.2 Å². The van der Waals surface area contributed by atoms with Crippen LogP contribution < -0.4 is 0 Å². The van der Waals surface area contributed by atoms with Gasteiger partial charge in [0.15, 0.2) is 0 Å². The molecular formula is C9H19Si. The van der Waals surface area contributed by atoms with E-state index >= 15 is 0 Å². The van der Waals surface area contributed by atoms with Crippen molar-refractivity contribution in [3.8, 4) is 0 Å². The van der Waals surface area contributed by atoms with E-state index in [4.69, 9.17) is 0 Å². The minimum absolute atomic E-state index is 0.0364. The van der Waals surface area contributed by atoms with Crippen molar-refractivity contribution in [3.63, 3.8) is 0 Å². The molecule has 0 spiro atoms. The fourth-order valence-electron chi connectivity index (χ4n) is 1.73. The van der Waals surface area contributed by atoms with E-state index in [1.54, 1.807) is 12.1 Å². The number of hydrogen-bond acceptors (Lipinski definition) is 0. The minimum atomic E-state index is 0.0364. The maximum absolute atomic E-state index is 2.42. The Kier molecular flexibility index (Phi) is 2.56. The van der Waals surface area contributed by atoms with Crippen LogP contribution in [0.3, 0.4) is 0 Å². The molecule has 0 atom stereocenters. The highest BCUT2D eigenvalue weighted by Gasteiger charge is 2.27. The molecule has 1 aliphatic rings. The van der Waals surface area contributed by atoms with E-state index in [-0.39, 0.29) is 8.80 Å². The Hall–Kier alpha value is 0.217. The van der Waals surface area contributed by atoms with Crippen LogP contribution in [0.2, 0.25) is 17.1 Å². The van der Waals surface area contributed by atoms with Crippen LogP contribution in [0.15, 0.2) is 0 Å². The van der Waals surface area contributed by atoms with Gasteiger partial charge >= 0.3 is 0 Å². The van der Waals surface area contributed by atoms with Gasteiger partial charge in [0.05, 0.1) is 8.80 Å². The first kappa shape index (κ1) is 8.31. The SMILES string of the molecule is CC(C)(C)[Si]1CCCCC1. The highest BCUT2D eigenvalue weighted by Crippen LogP contribution is 2.36. The van der Waals surface area contributed by atoms with Gasteiger partial charge in [-0.2, -0.15) is 0 Å². The highest BCUT2D eigenvalue weighted by atomic mass is 28.3. The van der Waals surface area contributed by atoms with Crippen LogP contribution in [-0.4, -0.2) is 8.80 Å². The van der Waals surface area contributed by atoms with Crippen LogP contribution in [0.5, 0.6) is 0 Å². The molecule has 1 rings (SSSR count). The van der Waals surface area contributed by atoms with Crippen LogP contribution in [0, 0.1) is 0 Å². The molecule has 10 heavy (non-hydrogen) atoms. The average Bonchev–Trinajstić information content (AvgIpc) is 1.88. The quantitative estimate of drug-likeness (QED) is 0.470. The maximum atomic E-state index is 2.42. The Bertz CT molecular complexity index is 95.8. The van der Waals surface area contributed by atoms with Gasteiger partial charge in [0.2, 0.25) is 0 Å². The minimum Gasteiger partial charge on any atom is -0.0628 e. The van der Waals surface area contributed by atoms with Crippen molar-refractivity contribution in [2.75, 3.05) is 0 Å². The second-order valence-electron chi connectivity index (χ2n) is 4.41. The fraction of sp³-hybridized carbons (Fsp3) is 1.00. The molecule has 1 radical (unpaired) electrons. The van der Waals surface area contributed by atoms with Crippen molar-refractivity contribution < 1.29 is 0 Å². The standard InChI is InChI=1S/C9H19Si/c1-9(2,3)10-7-5-4-6-8-10/h4-8H2,1-3H3. The molecule has 1 saturated heterocycles. The number of rotatable bonds is 0. The third-order valence-corrected chi connectivity index (χ3v) is 6.55.